The summed E-state index contributed by atoms with van der Waals surface area (Å²) in [5, 5.41) is 1.02. The molecule has 8 nitrogen and oxygen atoms in total. The molecule has 1 amide bonds. The SMILES string of the molecule is CC(C)(C)OC(=O)N1CCC2(CCCN2C[C@@H]2CC[C@H](n3ccc4c(N=C(c5ccccc5)c5ccccc5)nccc43)O2)CC1. The minimum absolute atomic E-state index is 0.0167. The van der Waals surface area contributed by atoms with Crippen molar-refractivity contribution in [1.82, 2.24) is 19.4 Å². The first kappa shape index (κ1) is 30.6. The van der Waals surface area contributed by atoms with E-state index < -0.39 is 5.60 Å². The van der Waals surface area contributed by atoms with Crippen molar-refractivity contribution < 1.29 is 14.3 Å². The molecular weight excluding hydrogens is 574 g/mol. The van der Waals surface area contributed by atoms with Gasteiger partial charge in [-0.1, -0.05) is 60.7 Å². The second-order valence-corrected chi connectivity index (χ2v) is 14.0. The lowest BCUT2D eigenvalue weighted by Gasteiger charge is -2.45. The summed E-state index contributed by atoms with van der Waals surface area (Å²) in [6, 6.07) is 24.8. The lowest BCUT2D eigenvalue weighted by atomic mass is 9.85. The molecule has 8 heteroatoms. The van der Waals surface area contributed by atoms with E-state index in [-0.39, 0.29) is 24.0 Å². The molecule has 0 unspecified atom stereocenters. The molecule has 0 N–H and O–H groups in total. The predicted molar refractivity (Wildman–Crippen MR) is 182 cm³/mol. The van der Waals surface area contributed by atoms with Crippen molar-refractivity contribution in [2.75, 3.05) is 26.2 Å². The van der Waals surface area contributed by atoms with Crippen molar-refractivity contribution in [3.63, 3.8) is 0 Å². The van der Waals surface area contributed by atoms with Crippen LogP contribution >= 0.6 is 0 Å². The van der Waals surface area contributed by atoms with Crippen LogP contribution in [0, 0.1) is 0 Å². The average molecular weight is 620 g/mol. The smallest absolute Gasteiger partial charge is 0.410 e. The van der Waals surface area contributed by atoms with E-state index in [1.54, 1.807) is 0 Å². The fourth-order valence-corrected chi connectivity index (χ4v) is 7.56. The number of carbonyl (C=O) groups is 1. The number of piperidine rings is 1. The first-order chi connectivity index (χ1) is 22.3. The topological polar surface area (TPSA) is 72.2 Å². The Balaban J connectivity index is 1.05. The van der Waals surface area contributed by atoms with Gasteiger partial charge in [0.25, 0.3) is 0 Å². The minimum atomic E-state index is -0.467. The number of pyridine rings is 1. The molecule has 0 radical (unpaired) electrons. The highest BCUT2D eigenvalue weighted by molar-refractivity contribution is 6.14. The van der Waals surface area contributed by atoms with Gasteiger partial charge in [-0.3, -0.25) is 4.90 Å². The van der Waals surface area contributed by atoms with Gasteiger partial charge in [0.2, 0.25) is 0 Å². The van der Waals surface area contributed by atoms with Gasteiger partial charge < -0.3 is 18.9 Å². The molecule has 3 saturated heterocycles. The zero-order chi connectivity index (χ0) is 31.7. The van der Waals surface area contributed by atoms with Crippen molar-refractivity contribution in [3.8, 4) is 0 Å². The van der Waals surface area contributed by atoms with Gasteiger partial charge in [-0.05, 0) is 78.0 Å². The Morgan fingerprint density at radius 1 is 0.935 bits per heavy atom. The van der Waals surface area contributed by atoms with Gasteiger partial charge >= 0.3 is 6.09 Å². The Morgan fingerprint density at radius 2 is 1.63 bits per heavy atom. The molecule has 2 atom stereocenters. The fourth-order valence-electron chi connectivity index (χ4n) is 7.56. The number of likely N-dealkylation sites (tertiary alicyclic amines) is 2. The maximum atomic E-state index is 12.7. The normalized spacial score (nSPS) is 21.6. The summed E-state index contributed by atoms with van der Waals surface area (Å²) in [5.74, 6) is 0.713. The lowest BCUT2D eigenvalue weighted by molar-refractivity contribution is -0.0363. The molecule has 0 saturated carbocycles. The van der Waals surface area contributed by atoms with Crippen LogP contribution in [0.5, 0.6) is 0 Å². The van der Waals surface area contributed by atoms with E-state index in [4.69, 9.17) is 19.5 Å². The molecule has 3 aliphatic rings. The van der Waals surface area contributed by atoms with E-state index in [1.807, 2.05) is 68.3 Å². The van der Waals surface area contributed by atoms with Crippen molar-refractivity contribution >= 4 is 28.5 Å². The summed E-state index contributed by atoms with van der Waals surface area (Å²) in [5.41, 5.74) is 3.81. The number of hydrogen-bond donors (Lipinski definition) is 0. The standard InChI is InChI=1S/C38H45N5O3/c1-37(2,3)46-36(44)41-25-20-38(21-26-41)19-10-23-42(38)27-30-15-16-33(45-30)43-24-18-31-32(43)17-22-39-35(31)40-34(28-11-6-4-7-12-28)29-13-8-5-9-14-29/h4-9,11-14,17-18,22,24,30,33H,10,15-16,19-21,23,25-27H2,1-3H3/t30-,33+/m0/s1. The third kappa shape index (κ3) is 6.33. The molecule has 3 fully saturated rings. The molecule has 0 aliphatic carbocycles. The monoisotopic (exact) mass is 619 g/mol. The number of rotatable bonds is 6. The number of amides is 1. The highest BCUT2D eigenvalue weighted by Gasteiger charge is 2.45. The number of carbonyl (C=O) groups excluding carboxylic acids is 1. The Kier molecular flexibility index (Phi) is 8.42. The highest BCUT2D eigenvalue weighted by Crippen LogP contribution is 2.41. The minimum Gasteiger partial charge on any atom is -0.444 e. The van der Waals surface area contributed by atoms with Gasteiger partial charge in [0.1, 0.15) is 11.8 Å². The molecule has 4 aromatic rings. The van der Waals surface area contributed by atoms with Crippen LogP contribution in [-0.2, 0) is 9.47 Å². The fraction of sp³-hybridized carbons (Fsp3) is 0.447. The van der Waals surface area contributed by atoms with Gasteiger partial charge in [0, 0.05) is 54.1 Å². The number of hydrogen-bond acceptors (Lipinski definition) is 6. The average Bonchev–Trinajstić information content (AvgIpc) is 3.80. The number of aliphatic imine (C=N–C) groups is 1. The van der Waals surface area contributed by atoms with Gasteiger partial charge in [0.15, 0.2) is 5.82 Å². The first-order valence-electron chi connectivity index (χ1n) is 16.8. The van der Waals surface area contributed by atoms with Crippen molar-refractivity contribution in [2.45, 2.75) is 82.8 Å². The van der Waals surface area contributed by atoms with E-state index >= 15 is 0 Å². The van der Waals surface area contributed by atoms with E-state index in [2.05, 4.69) is 52.1 Å². The molecule has 240 valence electrons. The van der Waals surface area contributed by atoms with Gasteiger partial charge in [0.05, 0.1) is 17.3 Å². The van der Waals surface area contributed by atoms with Crippen molar-refractivity contribution in [1.29, 1.82) is 0 Å². The van der Waals surface area contributed by atoms with Gasteiger partial charge in [-0.15, -0.1) is 0 Å². The van der Waals surface area contributed by atoms with Gasteiger partial charge in [-0.25, -0.2) is 14.8 Å². The number of fused-ring (bicyclic) bond motifs is 1. The second kappa shape index (κ2) is 12.6. The van der Waals surface area contributed by atoms with Crippen LogP contribution in [0.3, 0.4) is 0 Å². The van der Waals surface area contributed by atoms with E-state index in [0.29, 0.717) is 5.82 Å². The van der Waals surface area contributed by atoms with Crippen LogP contribution in [0.1, 0.15) is 76.7 Å². The van der Waals surface area contributed by atoms with Crippen LogP contribution in [0.15, 0.2) is 90.2 Å². The molecule has 46 heavy (non-hydrogen) atoms. The molecule has 2 aromatic carbocycles. The predicted octanol–water partition coefficient (Wildman–Crippen LogP) is 7.75. The summed E-state index contributed by atoms with van der Waals surface area (Å²) >= 11 is 0. The summed E-state index contributed by atoms with van der Waals surface area (Å²) in [6.45, 7) is 9.33. The molecular formula is C38H45N5O3. The van der Waals surface area contributed by atoms with E-state index in [0.717, 1.165) is 79.6 Å². The maximum absolute atomic E-state index is 12.7. The summed E-state index contributed by atoms with van der Waals surface area (Å²) < 4.78 is 14.7. The zero-order valence-electron chi connectivity index (χ0n) is 27.3. The molecule has 2 aromatic heterocycles. The summed E-state index contributed by atoms with van der Waals surface area (Å²) in [7, 11) is 0. The maximum Gasteiger partial charge on any atom is 0.410 e. The highest BCUT2D eigenvalue weighted by atomic mass is 16.6. The molecule has 0 bridgehead atoms. The van der Waals surface area contributed by atoms with Crippen molar-refractivity contribution in [2.24, 2.45) is 4.99 Å². The number of benzene rings is 2. The van der Waals surface area contributed by atoms with Crippen molar-refractivity contribution in [3.05, 3.63) is 96.3 Å². The second-order valence-electron chi connectivity index (χ2n) is 14.0. The van der Waals surface area contributed by atoms with Crippen LogP contribution in [0.2, 0.25) is 0 Å². The lowest BCUT2D eigenvalue weighted by Crippen LogP contribution is -2.55. The summed E-state index contributed by atoms with van der Waals surface area (Å²) in [6.07, 6.45) is 10.4. The molecule has 3 aliphatic heterocycles. The molecule has 7 rings (SSSR count). The Bertz CT molecular complexity index is 1640. The Hall–Kier alpha value is -4.01. The Labute approximate surface area is 272 Å². The largest absolute Gasteiger partial charge is 0.444 e. The van der Waals surface area contributed by atoms with Crippen LogP contribution < -0.4 is 0 Å². The molecule has 1 spiro atoms. The van der Waals surface area contributed by atoms with Gasteiger partial charge in [-0.2, -0.15) is 0 Å². The van der Waals surface area contributed by atoms with Crippen LogP contribution in [-0.4, -0.2) is 74.6 Å². The third-order valence-corrected chi connectivity index (χ3v) is 9.84. The van der Waals surface area contributed by atoms with E-state index in [1.165, 1.54) is 12.8 Å². The van der Waals surface area contributed by atoms with Crippen LogP contribution in [0.25, 0.3) is 10.9 Å². The third-order valence-electron chi connectivity index (χ3n) is 9.84. The van der Waals surface area contributed by atoms with E-state index in [9.17, 15) is 4.79 Å². The zero-order valence-corrected chi connectivity index (χ0v) is 27.3. The van der Waals surface area contributed by atoms with Crippen LogP contribution in [0.4, 0.5) is 10.6 Å². The number of aromatic nitrogens is 2. The molecule has 5 heterocycles. The number of nitrogens with zero attached hydrogens (tertiary/aromatic N) is 5. The first-order valence-corrected chi connectivity index (χ1v) is 16.8. The quantitative estimate of drug-likeness (QED) is 0.207. The Morgan fingerprint density at radius 3 is 2.30 bits per heavy atom. The number of ether oxygens (including phenoxy) is 2. The summed E-state index contributed by atoms with van der Waals surface area (Å²) in [4.78, 5) is 27.1.